The Kier molecular flexibility index (Phi) is 3.28. The first kappa shape index (κ1) is 11.8. The lowest BCUT2D eigenvalue weighted by atomic mass is 10.3. The van der Waals surface area contributed by atoms with Crippen molar-refractivity contribution in [3.63, 3.8) is 0 Å². The van der Waals surface area contributed by atoms with Crippen LogP contribution in [0.1, 0.15) is 5.69 Å². The Morgan fingerprint density at radius 1 is 1.59 bits per heavy atom. The zero-order valence-corrected chi connectivity index (χ0v) is 10.2. The molecule has 2 heterocycles. The van der Waals surface area contributed by atoms with Crippen molar-refractivity contribution in [3.8, 4) is 0 Å². The number of hydrogen-bond acceptors (Lipinski definition) is 5. The highest BCUT2D eigenvalue weighted by Gasteiger charge is 2.23. The van der Waals surface area contributed by atoms with Crippen molar-refractivity contribution in [1.82, 2.24) is 9.88 Å². The Morgan fingerprint density at radius 2 is 2.35 bits per heavy atom. The van der Waals surface area contributed by atoms with Gasteiger partial charge in [-0.1, -0.05) is 0 Å². The number of aromatic nitrogens is 1. The van der Waals surface area contributed by atoms with E-state index in [0.717, 1.165) is 11.7 Å². The molecule has 92 valence electrons. The molecule has 0 spiro atoms. The highest BCUT2D eigenvalue weighted by molar-refractivity contribution is 7.13. The summed E-state index contributed by atoms with van der Waals surface area (Å²) >= 11 is 1.38. The molecule has 1 aromatic rings. The van der Waals surface area contributed by atoms with Crippen LogP contribution >= 0.6 is 11.3 Å². The molecule has 0 radical (unpaired) electrons. The van der Waals surface area contributed by atoms with Crippen LogP contribution in [0.15, 0.2) is 5.38 Å². The van der Waals surface area contributed by atoms with Gasteiger partial charge in [0.05, 0.1) is 18.7 Å². The fourth-order valence-electron chi connectivity index (χ4n) is 1.60. The molecular weight excluding hydrogens is 242 g/mol. The largest absolute Gasteiger partial charge is 0.481 e. The molecule has 1 aliphatic rings. The third kappa shape index (κ3) is 2.73. The molecule has 1 aromatic heterocycles. The number of anilines is 1. The van der Waals surface area contributed by atoms with Gasteiger partial charge in [-0.3, -0.25) is 9.59 Å². The van der Waals surface area contributed by atoms with Crippen molar-refractivity contribution >= 4 is 28.3 Å². The number of carboxylic acids is 1. The predicted octanol–water partition coefficient (Wildman–Crippen LogP) is 0.0486. The monoisotopic (exact) mass is 255 g/mol. The van der Waals surface area contributed by atoms with E-state index in [2.05, 4.69) is 4.98 Å². The van der Waals surface area contributed by atoms with E-state index in [9.17, 15) is 9.59 Å². The van der Waals surface area contributed by atoms with Crippen LogP contribution < -0.4 is 4.90 Å². The predicted molar refractivity (Wildman–Crippen MR) is 63.3 cm³/mol. The Hall–Kier alpha value is -1.63. The number of carbonyl (C=O) groups excluding carboxylic acids is 1. The van der Waals surface area contributed by atoms with E-state index in [4.69, 9.17) is 5.11 Å². The van der Waals surface area contributed by atoms with Gasteiger partial charge in [-0.2, -0.15) is 0 Å². The zero-order chi connectivity index (χ0) is 12.4. The lowest BCUT2D eigenvalue weighted by Crippen LogP contribution is -2.48. The average molecular weight is 255 g/mol. The summed E-state index contributed by atoms with van der Waals surface area (Å²) in [4.78, 5) is 29.9. The first-order valence-electron chi connectivity index (χ1n) is 5.21. The van der Waals surface area contributed by atoms with E-state index in [1.54, 1.807) is 17.3 Å². The van der Waals surface area contributed by atoms with Gasteiger partial charge in [0, 0.05) is 25.5 Å². The second-order valence-electron chi connectivity index (χ2n) is 3.93. The van der Waals surface area contributed by atoms with E-state index in [0.29, 0.717) is 18.8 Å². The summed E-state index contributed by atoms with van der Waals surface area (Å²) in [5.41, 5.74) is 0.545. The minimum Gasteiger partial charge on any atom is -0.481 e. The number of thiazole rings is 1. The molecule has 1 fully saturated rings. The van der Waals surface area contributed by atoms with E-state index in [1.165, 1.54) is 11.3 Å². The summed E-state index contributed by atoms with van der Waals surface area (Å²) in [7, 11) is 1.78. The summed E-state index contributed by atoms with van der Waals surface area (Å²) in [6.45, 7) is 1.73. The fraction of sp³-hybridized carbons (Fsp3) is 0.500. The highest BCUT2D eigenvalue weighted by Crippen LogP contribution is 2.22. The minimum absolute atomic E-state index is 0.0613. The lowest BCUT2D eigenvalue weighted by Gasteiger charge is -2.31. The Morgan fingerprint density at radius 3 is 3.00 bits per heavy atom. The molecule has 2 rings (SSSR count). The Balaban J connectivity index is 2.05. The summed E-state index contributed by atoms with van der Waals surface area (Å²) in [6.07, 6.45) is -0.0712. The Bertz CT molecular complexity index is 446. The summed E-state index contributed by atoms with van der Waals surface area (Å²) in [6, 6.07) is 0. The molecule has 6 nitrogen and oxygen atoms in total. The van der Waals surface area contributed by atoms with Gasteiger partial charge in [0.15, 0.2) is 5.13 Å². The van der Waals surface area contributed by atoms with Crippen molar-refractivity contribution in [2.45, 2.75) is 6.42 Å². The van der Waals surface area contributed by atoms with E-state index in [-0.39, 0.29) is 12.3 Å². The molecule has 0 saturated carbocycles. The number of aliphatic carboxylic acids is 1. The average Bonchev–Trinajstić information content (AvgIpc) is 2.69. The molecule has 17 heavy (non-hydrogen) atoms. The molecular formula is C10H13N3O3S. The molecule has 0 unspecified atom stereocenters. The van der Waals surface area contributed by atoms with Crippen molar-refractivity contribution in [2.24, 2.45) is 0 Å². The molecule has 1 aliphatic heterocycles. The number of carbonyl (C=O) groups is 2. The van der Waals surface area contributed by atoms with Gasteiger partial charge in [-0.05, 0) is 0 Å². The maximum atomic E-state index is 11.5. The molecule has 7 heteroatoms. The van der Waals surface area contributed by atoms with Gasteiger partial charge >= 0.3 is 5.97 Å². The second kappa shape index (κ2) is 4.70. The fourth-order valence-corrected chi connectivity index (χ4v) is 2.45. The van der Waals surface area contributed by atoms with Crippen molar-refractivity contribution < 1.29 is 14.7 Å². The maximum absolute atomic E-state index is 11.5. The summed E-state index contributed by atoms with van der Waals surface area (Å²) < 4.78 is 0. The minimum atomic E-state index is -0.892. The number of nitrogens with zero attached hydrogens (tertiary/aromatic N) is 3. The highest BCUT2D eigenvalue weighted by atomic mass is 32.1. The number of piperazine rings is 1. The van der Waals surface area contributed by atoms with Crippen LogP contribution in [-0.4, -0.2) is 53.5 Å². The molecule has 0 bridgehead atoms. The van der Waals surface area contributed by atoms with Crippen LogP contribution in [0.2, 0.25) is 0 Å². The maximum Gasteiger partial charge on any atom is 0.309 e. The van der Waals surface area contributed by atoms with Crippen LogP contribution in [0, 0.1) is 0 Å². The first-order chi connectivity index (χ1) is 8.06. The second-order valence-corrected chi connectivity index (χ2v) is 4.77. The van der Waals surface area contributed by atoms with Crippen LogP contribution in [-0.2, 0) is 16.0 Å². The first-order valence-corrected chi connectivity index (χ1v) is 6.09. The molecule has 0 aliphatic carbocycles. The number of carboxylic acid groups (broad SMARTS) is 1. The van der Waals surface area contributed by atoms with Crippen molar-refractivity contribution in [1.29, 1.82) is 0 Å². The van der Waals surface area contributed by atoms with Gasteiger partial charge in [0.1, 0.15) is 0 Å². The number of rotatable bonds is 3. The summed E-state index contributed by atoms with van der Waals surface area (Å²) in [5, 5.41) is 11.1. The van der Waals surface area contributed by atoms with Gasteiger partial charge < -0.3 is 14.9 Å². The van der Waals surface area contributed by atoms with E-state index >= 15 is 0 Å². The molecule has 1 N–H and O–H groups in total. The summed E-state index contributed by atoms with van der Waals surface area (Å²) in [5.74, 6) is -0.831. The van der Waals surface area contributed by atoms with Crippen LogP contribution in [0.3, 0.4) is 0 Å². The van der Waals surface area contributed by atoms with Crippen LogP contribution in [0.4, 0.5) is 5.13 Å². The molecule has 1 amide bonds. The number of likely N-dealkylation sites (N-methyl/N-ethyl adjacent to an activating group) is 1. The van der Waals surface area contributed by atoms with Crippen LogP contribution in [0.5, 0.6) is 0 Å². The Labute approximate surface area is 102 Å². The number of hydrogen-bond donors (Lipinski definition) is 1. The van der Waals surface area contributed by atoms with Gasteiger partial charge in [-0.15, -0.1) is 11.3 Å². The SMILES string of the molecule is CN1CCN(c2nc(CC(=O)O)cs2)CC1=O. The smallest absolute Gasteiger partial charge is 0.309 e. The molecule has 0 atom stereocenters. The molecule has 1 saturated heterocycles. The number of amides is 1. The third-order valence-corrected chi connectivity index (χ3v) is 3.55. The zero-order valence-electron chi connectivity index (χ0n) is 9.42. The van der Waals surface area contributed by atoms with Gasteiger partial charge in [0.25, 0.3) is 0 Å². The third-order valence-electron chi connectivity index (χ3n) is 2.60. The van der Waals surface area contributed by atoms with E-state index < -0.39 is 5.97 Å². The standard InChI is InChI=1S/C10H13N3O3S/c1-12-2-3-13(5-8(12)14)10-11-7(6-17-10)4-9(15)16/h6H,2-5H2,1H3,(H,15,16). The lowest BCUT2D eigenvalue weighted by molar-refractivity contribution is -0.136. The van der Waals surface area contributed by atoms with Crippen molar-refractivity contribution in [2.75, 3.05) is 31.6 Å². The van der Waals surface area contributed by atoms with Gasteiger partial charge in [-0.25, -0.2) is 4.98 Å². The van der Waals surface area contributed by atoms with Crippen LogP contribution in [0.25, 0.3) is 0 Å². The van der Waals surface area contributed by atoms with E-state index in [1.807, 2.05) is 4.90 Å². The normalized spacial score (nSPS) is 16.4. The quantitative estimate of drug-likeness (QED) is 0.826. The van der Waals surface area contributed by atoms with Gasteiger partial charge in [0.2, 0.25) is 5.91 Å². The van der Waals surface area contributed by atoms with Crippen molar-refractivity contribution in [3.05, 3.63) is 11.1 Å². The molecule has 0 aromatic carbocycles. The topological polar surface area (TPSA) is 73.7 Å².